The topological polar surface area (TPSA) is 60.7 Å². The van der Waals surface area contributed by atoms with Crippen molar-refractivity contribution in [3.05, 3.63) is 41.9 Å². The number of para-hydroxylation sites is 1. The number of nitrogens with zero attached hydrogens (tertiary/aromatic N) is 4. The van der Waals surface area contributed by atoms with Crippen molar-refractivity contribution in [3.63, 3.8) is 0 Å². The van der Waals surface area contributed by atoms with Crippen LogP contribution in [0.3, 0.4) is 0 Å². The van der Waals surface area contributed by atoms with E-state index in [0.717, 1.165) is 6.07 Å². The van der Waals surface area contributed by atoms with Crippen molar-refractivity contribution in [2.75, 3.05) is 5.75 Å². The first kappa shape index (κ1) is 22.6. The van der Waals surface area contributed by atoms with Gasteiger partial charge in [0.1, 0.15) is 17.3 Å². The number of hydrogen-bond donors (Lipinski definition) is 0. The van der Waals surface area contributed by atoms with Gasteiger partial charge in [0, 0.05) is 23.8 Å². The molecule has 160 valence electrons. The lowest BCUT2D eigenvalue weighted by Gasteiger charge is -2.11. The van der Waals surface area contributed by atoms with Crippen molar-refractivity contribution < 1.29 is 18.0 Å². The van der Waals surface area contributed by atoms with E-state index in [9.17, 15) is 18.0 Å². The van der Waals surface area contributed by atoms with Gasteiger partial charge in [-0.2, -0.15) is 13.2 Å². The van der Waals surface area contributed by atoms with E-state index < -0.39 is 11.9 Å². The van der Waals surface area contributed by atoms with Gasteiger partial charge in [0.15, 0.2) is 5.16 Å². The molecule has 10 heteroatoms. The van der Waals surface area contributed by atoms with E-state index in [1.165, 1.54) is 23.5 Å². The van der Waals surface area contributed by atoms with Crippen molar-refractivity contribution in [3.8, 4) is 0 Å². The number of fused-ring (bicyclic) bond motifs is 1. The molecule has 0 aliphatic heterocycles. The normalized spacial score (nSPS) is 12.1. The molecule has 1 aromatic carbocycles. The highest BCUT2D eigenvalue weighted by molar-refractivity contribution is 7.99. The predicted octanol–water partition coefficient (Wildman–Crippen LogP) is 5.38. The van der Waals surface area contributed by atoms with Gasteiger partial charge in [0.05, 0.1) is 17.0 Å². The van der Waals surface area contributed by atoms with Crippen molar-refractivity contribution >= 4 is 40.2 Å². The zero-order valence-electron chi connectivity index (χ0n) is 16.7. The third-order valence-electron chi connectivity index (χ3n) is 4.25. The van der Waals surface area contributed by atoms with E-state index in [0.29, 0.717) is 50.6 Å². The van der Waals surface area contributed by atoms with Crippen LogP contribution in [0.2, 0.25) is 0 Å². The van der Waals surface area contributed by atoms with Gasteiger partial charge >= 0.3 is 6.18 Å². The van der Waals surface area contributed by atoms with Crippen LogP contribution in [0.15, 0.2) is 40.4 Å². The average molecular weight is 455 g/mol. The minimum Gasteiger partial charge on any atom is -0.308 e. The molecule has 0 fully saturated rings. The molecule has 0 aliphatic carbocycles. The number of benzene rings is 1. The standard InChI is InChI=1S/C20H21F3N4OS2/c1-12(2)8-13(28)10-30-19-26-25-18(27(19)3)11-29-16-9-17(20(21,22)23)24-15-7-5-4-6-14(15)16/h4-7,9,12H,8,10-11H2,1-3H3. The van der Waals surface area contributed by atoms with Gasteiger partial charge < -0.3 is 4.57 Å². The van der Waals surface area contributed by atoms with E-state index in [-0.39, 0.29) is 5.78 Å². The van der Waals surface area contributed by atoms with E-state index in [4.69, 9.17) is 0 Å². The molecule has 0 radical (unpaired) electrons. The SMILES string of the molecule is CC(C)CC(=O)CSc1nnc(CSc2cc(C(F)(F)F)nc3ccccc23)n1C. The van der Waals surface area contributed by atoms with Gasteiger partial charge in [-0.3, -0.25) is 4.79 Å². The number of rotatable bonds is 8. The molecule has 0 atom stereocenters. The number of halogens is 3. The Hall–Kier alpha value is -2.07. The monoisotopic (exact) mass is 454 g/mol. The molecule has 2 heterocycles. The fourth-order valence-corrected chi connectivity index (χ4v) is 4.67. The van der Waals surface area contributed by atoms with Crippen LogP contribution in [0.5, 0.6) is 0 Å². The lowest BCUT2D eigenvalue weighted by Crippen LogP contribution is -2.08. The minimum atomic E-state index is -4.52. The summed E-state index contributed by atoms with van der Waals surface area (Å²) >= 11 is 2.57. The molecule has 3 rings (SSSR count). The minimum absolute atomic E-state index is 0.150. The van der Waals surface area contributed by atoms with E-state index in [2.05, 4.69) is 15.2 Å². The maximum Gasteiger partial charge on any atom is 0.433 e. The Morgan fingerprint density at radius 3 is 2.60 bits per heavy atom. The summed E-state index contributed by atoms with van der Waals surface area (Å²) in [6.07, 6.45) is -4.00. The van der Waals surface area contributed by atoms with Gasteiger partial charge in [-0.1, -0.05) is 43.8 Å². The Balaban J connectivity index is 1.75. The number of thioether (sulfide) groups is 2. The zero-order valence-corrected chi connectivity index (χ0v) is 18.4. The summed E-state index contributed by atoms with van der Waals surface area (Å²) in [6, 6.07) is 7.83. The van der Waals surface area contributed by atoms with E-state index >= 15 is 0 Å². The number of alkyl halides is 3. The number of hydrogen-bond acceptors (Lipinski definition) is 6. The second kappa shape index (κ2) is 9.38. The fourth-order valence-electron chi connectivity index (χ4n) is 2.81. The highest BCUT2D eigenvalue weighted by Gasteiger charge is 2.33. The van der Waals surface area contributed by atoms with Gasteiger partial charge in [0.25, 0.3) is 0 Å². The Kier molecular flexibility index (Phi) is 7.07. The molecule has 0 unspecified atom stereocenters. The lowest BCUT2D eigenvalue weighted by molar-refractivity contribution is -0.141. The molecule has 0 aliphatic rings. The van der Waals surface area contributed by atoms with Crippen molar-refractivity contribution in [2.24, 2.45) is 13.0 Å². The van der Waals surface area contributed by atoms with E-state index in [1.54, 1.807) is 35.9 Å². The Labute approximate surface area is 180 Å². The Morgan fingerprint density at radius 2 is 1.90 bits per heavy atom. The predicted molar refractivity (Wildman–Crippen MR) is 112 cm³/mol. The summed E-state index contributed by atoms with van der Waals surface area (Å²) in [7, 11) is 1.79. The molecule has 0 spiro atoms. The summed E-state index contributed by atoms with van der Waals surface area (Å²) in [5.41, 5.74) is -0.616. The average Bonchev–Trinajstić information content (AvgIpc) is 3.02. The van der Waals surface area contributed by atoms with Crippen LogP contribution in [-0.2, 0) is 23.8 Å². The number of ketones is 1. The molecular formula is C20H21F3N4OS2. The summed E-state index contributed by atoms with van der Waals surface area (Å²) in [6.45, 7) is 3.99. The second-order valence-corrected chi connectivity index (χ2v) is 9.15. The second-order valence-electron chi connectivity index (χ2n) is 7.19. The molecule has 5 nitrogen and oxygen atoms in total. The lowest BCUT2D eigenvalue weighted by atomic mass is 10.1. The van der Waals surface area contributed by atoms with Crippen LogP contribution < -0.4 is 0 Å². The molecule has 0 saturated heterocycles. The third kappa shape index (κ3) is 5.54. The van der Waals surface area contributed by atoms with Gasteiger partial charge in [-0.05, 0) is 18.1 Å². The molecule has 2 aromatic heterocycles. The maximum absolute atomic E-state index is 13.2. The molecule has 0 amide bonds. The Bertz CT molecular complexity index is 1050. The van der Waals surface area contributed by atoms with Crippen LogP contribution >= 0.6 is 23.5 Å². The number of carbonyl (C=O) groups excluding carboxylic acids is 1. The highest BCUT2D eigenvalue weighted by atomic mass is 32.2. The zero-order chi connectivity index (χ0) is 21.9. The van der Waals surface area contributed by atoms with Gasteiger partial charge in [-0.25, -0.2) is 4.98 Å². The largest absolute Gasteiger partial charge is 0.433 e. The van der Waals surface area contributed by atoms with Crippen LogP contribution in [-0.4, -0.2) is 31.3 Å². The quantitative estimate of drug-likeness (QED) is 0.426. The summed E-state index contributed by atoms with van der Waals surface area (Å²) in [5, 5.41) is 9.53. The van der Waals surface area contributed by atoms with Crippen LogP contribution in [0.25, 0.3) is 10.9 Å². The van der Waals surface area contributed by atoms with Crippen molar-refractivity contribution in [1.82, 2.24) is 19.7 Å². The van der Waals surface area contributed by atoms with Gasteiger partial charge in [-0.15, -0.1) is 22.0 Å². The van der Waals surface area contributed by atoms with Crippen LogP contribution in [0, 0.1) is 5.92 Å². The molecule has 30 heavy (non-hydrogen) atoms. The Morgan fingerprint density at radius 1 is 1.17 bits per heavy atom. The molecular weight excluding hydrogens is 433 g/mol. The third-order valence-corrected chi connectivity index (χ3v) is 6.38. The number of aromatic nitrogens is 4. The number of pyridine rings is 1. The smallest absolute Gasteiger partial charge is 0.308 e. The molecule has 3 aromatic rings. The molecule has 0 saturated carbocycles. The summed E-state index contributed by atoms with van der Waals surface area (Å²) < 4.78 is 41.5. The number of Topliss-reactive ketones (excluding diaryl/α,β-unsaturated/α-hetero) is 1. The first-order valence-corrected chi connectivity index (χ1v) is 11.2. The van der Waals surface area contributed by atoms with Crippen LogP contribution in [0.4, 0.5) is 13.2 Å². The molecule has 0 N–H and O–H groups in total. The van der Waals surface area contributed by atoms with Gasteiger partial charge in [0.2, 0.25) is 0 Å². The van der Waals surface area contributed by atoms with Crippen molar-refractivity contribution in [1.29, 1.82) is 0 Å². The maximum atomic E-state index is 13.2. The van der Waals surface area contributed by atoms with Crippen molar-refractivity contribution in [2.45, 2.75) is 42.2 Å². The first-order chi connectivity index (χ1) is 14.1. The fraction of sp³-hybridized carbons (Fsp3) is 0.400. The number of carbonyl (C=O) groups is 1. The summed E-state index contributed by atoms with van der Waals surface area (Å²) in [5.74, 6) is 1.74. The first-order valence-electron chi connectivity index (χ1n) is 9.27. The molecule has 0 bridgehead atoms. The highest BCUT2D eigenvalue weighted by Crippen LogP contribution is 2.36. The van der Waals surface area contributed by atoms with E-state index in [1.807, 2.05) is 13.8 Å². The summed E-state index contributed by atoms with van der Waals surface area (Å²) in [4.78, 5) is 16.1. The van der Waals surface area contributed by atoms with Crippen LogP contribution in [0.1, 0.15) is 31.8 Å².